The van der Waals surface area contributed by atoms with Gasteiger partial charge in [0.1, 0.15) is 11.5 Å². The van der Waals surface area contributed by atoms with Crippen LogP contribution < -0.4 is 10.3 Å². The number of rotatable bonds is 9. The molecular formula is C26H32N6O3. The van der Waals surface area contributed by atoms with E-state index in [1.54, 1.807) is 13.4 Å². The van der Waals surface area contributed by atoms with Crippen LogP contribution in [0.2, 0.25) is 0 Å². The number of ether oxygens (including phenoxy) is 1. The zero-order valence-corrected chi connectivity index (χ0v) is 20.3. The maximum absolute atomic E-state index is 13.1. The molecule has 0 bridgehead atoms. The van der Waals surface area contributed by atoms with E-state index in [0.29, 0.717) is 24.7 Å². The Labute approximate surface area is 204 Å². The molecule has 1 aliphatic carbocycles. The van der Waals surface area contributed by atoms with Gasteiger partial charge in [-0.3, -0.25) is 9.69 Å². The number of benzene rings is 1. The number of methoxy groups -OCH3 is 1. The number of tetrazole rings is 1. The molecule has 1 aliphatic rings. The van der Waals surface area contributed by atoms with Crippen molar-refractivity contribution in [2.75, 3.05) is 7.11 Å². The van der Waals surface area contributed by atoms with E-state index in [9.17, 15) is 4.79 Å². The predicted octanol–water partition coefficient (Wildman–Crippen LogP) is 4.77. The van der Waals surface area contributed by atoms with Gasteiger partial charge in [0.15, 0.2) is 5.82 Å². The lowest BCUT2D eigenvalue weighted by Crippen LogP contribution is -2.33. The molecule has 184 valence electrons. The summed E-state index contributed by atoms with van der Waals surface area (Å²) in [6, 6.07) is 11.7. The first-order valence-corrected chi connectivity index (χ1v) is 12.4. The molecule has 0 spiro atoms. The van der Waals surface area contributed by atoms with Crippen LogP contribution in [0, 0.1) is 0 Å². The van der Waals surface area contributed by atoms with Gasteiger partial charge in [0.2, 0.25) is 0 Å². The van der Waals surface area contributed by atoms with Crippen LogP contribution in [0.3, 0.4) is 0 Å². The molecule has 3 aromatic heterocycles. The fraction of sp³-hybridized carbons (Fsp3) is 0.462. The third-order valence-corrected chi connectivity index (χ3v) is 7.01. The number of nitrogens with zero attached hydrogens (tertiary/aromatic N) is 5. The highest BCUT2D eigenvalue weighted by Gasteiger charge is 2.29. The minimum absolute atomic E-state index is 0.0718. The predicted molar refractivity (Wildman–Crippen MR) is 132 cm³/mol. The third-order valence-electron chi connectivity index (χ3n) is 7.01. The lowest BCUT2D eigenvalue weighted by molar-refractivity contribution is 0.144. The number of hydrogen-bond acceptors (Lipinski definition) is 7. The molecule has 1 N–H and O–H groups in total. The Hall–Kier alpha value is -3.46. The second kappa shape index (κ2) is 10.4. The van der Waals surface area contributed by atoms with E-state index in [4.69, 9.17) is 9.15 Å². The summed E-state index contributed by atoms with van der Waals surface area (Å²) < 4.78 is 13.1. The van der Waals surface area contributed by atoms with Gasteiger partial charge in [0.25, 0.3) is 5.56 Å². The molecule has 1 aromatic carbocycles. The molecule has 35 heavy (non-hydrogen) atoms. The summed E-state index contributed by atoms with van der Waals surface area (Å²) in [6.45, 7) is 3.10. The Morgan fingerprint density at radius 2 is 2.06 bits per heavy atom. The Morgan fingerprint density at radius 1 is 1.20 bits per heavy atom. The first-order valence-electron chi connectivity index (χ1n) is 12.4. The normalized spacial score (nSPS) is 15.6. The second-order valence-corrected chi connectivity index (χ2v) is 9.26. The highest BCUT2D eigenvalue weighted by atomic mass is 16.5. The zero-order valence-electron chi connectivity index (χ0n) is 20.3. The average molecular weight is 477 g/mol. The maximum atomic E-state index is 13.1. The van der Waals surface area contributed by atoms with Gasteiger partial charge >= 0.3 is 0 Å². The number of pyridine rings is 1. The van der Waals surface area contributed by atoms with E-state index in [-0.39, 0.29) is 11.6 Å². The van der Waals surface area contributed by atoms with Crippen molar-refractivity contribution in [3.8, 4) is 5.75 Å². The van der Waals surface area contributed by atoms with Gasteiger partial charge in [-0.1, -0.05) is 26.2 Å². The molecule has 9 heteroatoms. The zero-order chi connectivity index (χ0) is 24.2. The molecule has 0 radical (unpaired) electrons. The molecule has 1 atom stereocenters. The third kappa shape index (κ3) is 5.00. The summed E-state index contributed by atoms with van der Waals surface area (Å²) in [5.41, 5.74) is 1.35. The highest BCUT2D eigenvalue weighted by Crippen LogP contribution is 2.33. The molecule has 4 aromatic rings. The smallest absolute Gasteiger partial charge is 0.252 e. The van der Waals surface area contributed by atoms with E-state index in [2.05, 4.69) is 32.3 Å². The lowest BCUT2D eigenvalue weighted by Gasteiger charge is -2.31. The average Bonchev–Trinajstić information content (AvgIpc) is 3.58. The number of fused-ring (bicyclic) bond motifs is 1. The summed E-state index contributed by atoms with van der Waals surface area (Å²) in [7, 11) is 1.64. The van der Waals surface area contributed by atoms with Crippen LogP contribution in [0.5, 0.6) is 5.75 Å². The maximum Gasteiger partial charge on any atom is 0.252 e. The highest BCUT2D eigenvalue weighted by molar-refractivity contribution is 5.80. The van der Waals surface area contributed by atoms with Gasteiger partial charge in [-0.2, -0.15) is 0 Å². The van der Waals surface area contributed by atoms with Gasteiger partial charge < -0.3 is 14.1 Å². The quantitative estimate of drug-likeness (QED) is 0.371. The number of aromatic amines is 1. The van der Waals surface area contributed by atoms with Crippen molar-refractivity contribution >= 4 is 10.9 Å². The van der Waals surface area contributed by atoms with Gasteiger partial charge in [-0.15, -0.1) is 5.10 Å². The number of nitrogens with one attached hydrogen (secondary N) is 1. The molecule has 9 nitrogen and oxygen atoms in total. The molecule has 0 aliphatic heterocycles. The summed E-state index contributed by atoms with van der Waals surface area (Å²) in [4.78, 5) is 18.3. The van der Waals surface area contributed by atoms with Crippen LogP contribution in [0.15, 0.2) is 51.9 Å². The van der Waals surface area contributed by atoms with Crippen LogP contribution in [0.25, 0.3) is 10.9 Å². The SMILES string of the molecule is CCC(c1nnnn1C1CCCCC1)N(Cc1ccco1)Cc1cc2cc(OC)ccc2[nH]c1=O. The lowest BCUT2D eigenvalue weighted by atomic mass is 9.95. The van der Waals surface area contributed by atoms with E-state index in [1.165, 1.54) is 19.3 Å². The fourth-order valence-corrected chi connectivity index (χ4v) is 5.18. The Kier molecular flexibility index (Phi) is 6.94. The molecular weight excluding hydrogens is 444 g/mol. The summed E-state index contributed by atoms with van der Waals surface area (Å²) in [5.74, 6) is 2.44. The molecule has 0 saturated heterocycles. The number of hydrogen-bond donors (Lipinski definition) is 1. The van der Waals surface area contributed by atoms with Crippen molar-refractivity contribution in [1.82, 2.24) is 30.1 Å². The van der Waals surface area contributed by atoms with Crippen molar-refractivity contribution in [2.24, 2.45) is 0 Å². The molecule has 5 rings (SSSR count). The fourth-order valence-electron chi connectivity index (χ4n) is 5.18. The first kappa shape index (κ1) is 23.3. The number of H-pyrrole nitrogens is 1. The van der Waals surface area contributed by atoms with Crippen LogP contribution >= 0.6 is 0 Å². The first-order chi connectivity index (χ1) is 17.2. The van der Waals surface area contributed by atoms with Crippen LogP contribution in [0.4, 0.5) is 0 Å². The van der Waals surface area contributed by atoms with E-state index >= 15 is 0 Å². The number of furan rings is 1. The van der Waals surface area contributed by atoms with Crippen molar-refractivity contribution in [3.63, 3.8) is 0 Å². The Morgan fingerprint density at radius 3 is 2.80 bits per heavy atom. The van der Waals surface area contributed by atoms with Gasteiger partial charge in [0, 0.05) is 23.0 Å². The van der Waals surface area contributed by atoms with Crippen LogP contribution in [-0.4, -0.2) is 37.2 Å². The van der Waals surface area contributed by atoms with Gasteiger partial charge in [-0.05, 0) is 66.1 Å². The topological polar surface area (TPSA) is 102 Å². The molecule has 1 unspecified atom stereocenters. The summed E-state index contributed by atoms with van der Waals surface area (Å²) in [5, 5.41) is 13.9. The van der Waals surface area contributed by atoms with Gasteiger partial charge in [-0.25, -0.2) is 4.68 Å². The standard InChI is InChI=1S/C26H32N6O3/c1-3-24(25-28-29-30-32(25)20-8-5-4-6-9-20)31(17-22-10-7-13-35-22)16-19-14-18-15-21(34-2)11-12-23(18)27-26(19)33/h7,10-15,20,24H,3-6,8-9,16-17H2,1-2H3,(H,27,33). The largest absolute Gasteiger partial charge is 0.497 e. The van der Waals surface area contributed by atoms with Crippen molar-refractivity contribution in [2.45, 2.75) is 70.6 Å². The van der Waals surface area contributed by atoms with Crippen LogP contribution in [-0.2, 0) is 13.1 Å². The van der Waals surface area contributed by atoms with Crippen molar-refractivity contribution in [3.05, 3.63) is 70.2 Å². The van der Waals surface area contributed by atoms with Crippen molar-refractivity contribution < 1.29 is 9.15 Å². The molecule has 1 fully saturated rings. The summed E-state index contributed by atoms with van der Waals surface area (Å²) >= 11 is 0. The number of aromatic nitrogens is 5. The molecule has 3 heterocycles. The van der Waals surface area contributed by atoms with E-state index in [0.717, 1.165) is 47.5 Å². The molecule has 1 saturated carbocycles. The van der Waals surface area contributed by atoms with Crippen molar-refractivity contribution in [1.29, 1.82) is 0 Å². The van der Waals surface area contributed by atoms with E-state index < -0.39 is 0 Å². The van der Waals surface area contributed by atoms with Crippen LogP contribution in [0.1, 0.15) is 74.7 Å². The summed E-state index contributed by atoms with van der Waals surface area (Å²) in [6.07, 6.45) is 8.34. The Bertz CT molecular complexity index is 1310. The van der Waals surface area contributed by atoms with E-state index in [1.807, 2.05) is 41.1 Å². The minimum Gasteiger partial charge on any atom is -0.497 e. The monoisotopic (exact) mass is 476 g/mol. The minimum atomic E-state index is -0.103. The Balaban J connectivity index is 1.51. The van der Waals surface area contributed by atoms with Gasteiger partial charge in [0.05, 0.1) is 32.0 Å². The second-order valence-electron chi connectivity index (χ2n) is 9.26. The molecule has 0 amide bonds.